The number of rotatable bonds is 7. The minimum Gasteiger partial charge on any atom is -0.384 e. The highest BCUT2D eigenvalue weighted by Crippen LogP contribution is 2.18. The van der Waals surface area contributed by atoms with Gasteiger partial charge < -0.3 is 10.1 Å². The summed E-state index contributed by atoms with van der Waals surface area (Å²) in [7, 11) is 1.80. The number of methoxy groups -OCH3 is 1. The van der Waals surface area contributed by atoms with Crippen molar-refractivity contribution in [3.05, 3.63) is 12.7 Å². The van der Waals surface area contributed by atoms with Crippen LogP contribution in [0.4, 0.5) is 0 Å². The molecule has 3 nitrogen and oxygen atoms in total. The summed E-state index contributed by atoms with van der Waals surface area (Å²) in [5.41, 5.74) is 0. The number of likely N-dealkylation sites (tertiary alicyclic amines) is 1. The van der Waals surface area contributed by atoms with Crippen molar-refractivity contribution in [1.82, 2.24) is 10.2 Å². The minimum absolute atomic E-state index is 0.628. The van der Waals surface area contributed by atoms with E-state index in [9.17, 15) is 0 Å². The van der Waals surface area contributed by atoms with Gasteiger partial charge in [0.05, 0.1) is 0 Å². The zero-order chi connectivity index (χ0) is 11.8. The van der Waals surface area contributed by atoms with Gasteiger partial charge in [0.15, 0.2) is 0 Å². The van der Waals surface area contributed by atoms with Crippen molar-refractivity contribution in [2.24, 2.45) is 5.92 Å². The molecule has 0 bridgehead atoms. The van der Waals surface area contributed by atoms with Crippen LogP contribution in [0, 0.1) is 5.92 Å². The zero-order valence-corrected chi connectivity index (χ0v) is 10.7. The van der Waals surface area contributed by atoms with Gasteiger partial charge in [0.1, 0.15) is 0 Å². The van der Waals surface area contributed by atoms with Gasteiger partial charge in [-0.2, -0.15) is 0 Å². The van der Waals surface area contributed by atoms with Crippen LogP contribution >= 0.6 is 0 Å². The van der Waals surface area contributed by atoms with E-state index in [4.69, 9.17) is 4.74 Å². The molecule has 1 heterocycles. The van der Waals surface area contributed by atoms with Crippen molar-refractivity contribution in [2.45, 2.75) is 25.8 Å². The molecule has 94 valence electrons. The van der Waals surface area contributed by atoms with Gasteiger partial charge in [0.2, 0.25) is 0 Å². The highest BCUT2D eigenvalue weighted by Gasteiger charge is 2.22. The smallest absolute Gasteiger partial charge is 0.0491 e. The second-order valence-electron chi connectivity index (χ2n) is 4.73. The normalized spacial score (nSPS) is 20.9. The molecule has 0 amide bonds. The molecule has 1 N–H and O–H groups in total. The number of hydrogen-bond donors (Lipinski definition) is 1. The number of nitrogens with zero attached hydrogens (tertiary/aromatic N) is 1. The molecule has 0 aromatic heterocycles. The molecule has 1 aliphatic heterocycles. The maximum atomic E-state index is 5.21. The van der Waals surface area contributed by atoms with Crippen molar-refractivity contribution in [3.8, 4) is 0 Å². The molecule has 0 aliphatic carbocycles. The Bertz CT molecular complexity index is 188. The molecule has 3 heteroatoms. The Morgan fingerprint density at radius 2 is 2.19 bits per heavy atom. The summed E-state index contributed by atoms with van der Waals surface area (Å²) < 4.78 is 5.21. The van der Waals surface area contributed by atoms with E-state index in [1.54, 1.807) is 7.11 Å². The molecule has 1 fully saturated rings. The molecule has 1 aliphatic rings. The van der Waals surface area contributed by atoms with Crippen LogP contribution in [0.2, 0.25) is 0 Å². The lowest BCUT2D eigenvalue weighted by Gasteiger charge is -2.35. The Labute approximate surface area is 99.8 Å². The van der Waals surface area contributed by atoms with Crippen LogP contribution in [0.25, 0.3) is 0 Å². The molecule has 16 heavy (non-hydrogen) atoms. The van der Waals surface area contributed by atoms with Crippen molar-refractivity contribution < 1.29 is 4.74 Å². The summed E-state index contributed by atoms with van der Waals surface area (Å²) in [6, 6.07) is 0.628. The molecule has 1 atom stereocenters. The monoisotopic (exact) mass is 226 g/mol. The van der Waals surface area contributed by atoms with E-state index in [0.29, 0.717) is 6.04 Å². The molecule has 1 rings (SSSR count). The van der Waals surface area contributed by atoms with Gasteiger partial charge in [0, 0.05) is 32.8 Å². The highest BCUT2D eigenvalue weighted by atomic mass is 16.5. The van der Waals surface area contributed by atoms with Crippen molar-refractivity contribution in [2.75, 3.05) is 39.9 Å². The fraction of sp³-hybridized carbons (Fsp3) is 0.846. The van der Waals surface area contributed by atoms with Gasteiger partial charge in [-0.15, -0.1) is 6.58 Å². The standard InChI is InChI=1S/C13H26N2O/c1-4-7-14-10-12(2)15-8-5-13(6-9-15)11-16-3/h4,12-14H,1,5-11H2,2-3H3. The Kier molecular flexibility index (Phi) is 6.69. The van der Waals surface area contributed by atoms with E-state index in [1.807, 2.05) is 6.08 Å². The van der Waals surface area contributed by atoms with Crippen molar-refractivity contribution in [3.63, 3.8) is 0 Å². The maximum Gasteiger partial charge on any atom is 0.0491 e. The lowest BCUT2D eigenvalue weighted by molar-refractivity contribution is 0.0834. The van der Waals surface area contributed by atoms with Gasteiger partial charge in [-0.3, -0.25) is 4.90 Å². The highest BCUT2D eigenvalue weighted by molar-refractivity contribution is 4.78. The second kappa shape index (κ2) is 7.82. The average Bonchev–Trinajstić information content (AvgIpc) is 2.30. The lowest BCUT2D eigenvalue weighted by atomic mass is 9.97. The third kappa shape index (κ3) is 4.64. The molecule has 0 spiro atoms. The summed E-state index contributed by atoms with van der Waals surface area (Å²) in [6.45, 7) is 11.3. The predicted octanol–water partition coefficient (Wildman–Crippen LogP) is 1.51. The molecular formula is C13H26N2O. The van der Waals surface area contributed by atoms with E-state index >= 15 is 0 Å². The number of hydrogen-bond acceptors (Lipinski definition) is 3. The molecule has 0 radical (unpaired) electrons. The number of piperidine rings is 1. The van der Waals surface area contributed by atoms with Gasteiger partial charge in [-0.05, 0) is 38.8 Å². The van der Waals surface area contributed by atoms with Crippen LogP contribution in [-0.4, -0.2) is 50.8 Å². The quantitative estimate of drug-likeness (QED) is 0.526. The molecule has 0 aromatic carbocycles. The molecule has 0 aromatic rings. The van der Waals surface area contributed by atoms with Crippen LogP contribution in [0.1, 0.15) is 19.8 Å². The molecular weight excluding hydrogens is 200 g/mol. The van der Waals surface area contributed by atoms with Crippen molar-refractivity contribution >= 4 is 0 Å². The number of nitrogens with one attached hydrogen (secondary N) is 1. The predicted molar refractivity (Wildman–Crippen MR) is 68.7 cm³/mol. The average molecular weight is 226 g/mol. The summed E-state index contributed by atoms with van der Waals surface area (Å²) in [5.74, 6) is 0.773. The first kappa shape index (κ1) is 13.7. The third-order valence-corrected chi connectivity index (χ3v) is 3.40. The van der Waals surface area contributed by atoms with Gasteiger partial charge in [-0.1, -0.05) is 6.08 Å². The summed E-state index contributed by atoms with van der Waals surface area (Å²) >= 11 is 0. The SMILES string of the molecule is C=CCNCC(C)N1CCC(COC)CC1. The Morgan fingerprint density at radius 1 is 1.50 bits per heavy atom. The maximum absolute atomic E-state index is 5.21. The lowest BCUT2D eigenvalue weighted by Crippen LogP contribution is -2.45. The van der Waals surface area contributed by atoms with Crippen LogP contribution in [-0.2, 0) is 4.74 Å². The van der Waals surface area contributed by atoms with E-state index in [2.05, 4.69) is 23.7 Å². The minimum atomic E-state index is 0.628. The summed E-state index contributed by atoms with van der Waals surface area (Å²) in [4.78, 5) is 2.57. The summed E-state index contributed by atoms with van der Waals surface area (Å²) in [5, 5.41) is 3.38. The zero-order valence-electron chi connectivity index (χ0n) is 10.7. The second-order valence-corrected chi connectivity index (χ2v) is 4.73. The summed E-state index contributed by atoms with van der Waals surface area (Å²) in [6.07, 6.45) is 4.47. The largest absolute Gasteiger partial charge is 0.384 e. The van der Waals surface area contributed by atoms with Crippen LogP contribution in [0.15, 0.2) is 12.7 Å². The van der Waals surface area contributed by atoms with E-state index in [-0.39, 0.29) is 0 Å². The number of ether oxygens (including phenoxy) is 1. The Hall–Kier alpha value is -0.380. The van der Waals surface area contributed by atoms with Crippen LogP contribution < -0.4 is 5.32 Å². The first-order chi connectivity index (χ1) is 7.77. The topological polar surface area (TPSA) is 24.5 Å². The third-order valence-electron chi connectivity index (χ3n) is 3.40. The Morgan fingerprint density at radius 3 is 2.75 bits per heavy atom. The van der Waals surface area contributed by atoms with E-state index < -0.39 is 0 Å². The van der Waals surface area contributed by atoms with Crippen LogP contribution in [0.5, 0.6) is 0 Å². The van der Waals surface area contributed by atoms with Gasteiger partial charge in [0.25, 0.3) is 0 Å². The van der Waals surface area contributed by atoms with Crippen LogP contribution in [0.3, 0.4) is 0 Å². The fourth-order valence-electron chi connectivity index (χ4n) is 2.32. The molecule has 1 saturated heterocycles. The van der Waals surface area contributed by atoms with Gasteiger partial charge in [-0.25, -0.2) is 0 Å². The molecule has 0 saturated carbocycles. The fourth-order valence-corrected chi connectivity index (χ4v) is 2.32. The van der Waals surface area contributed by atoms with Crippen molar-refractivity contribution in [1.29, 1.82) is 0 Å². The van der Waals surface area contributed by atoms with E-state index in [0.717, 1.165) is 25.6 Å². The first-order valence-electron chi connectivity index (χ1n) is 6.32. The van der Waals surface area contributed by atoms with Gasteiger partial charge >= 0.3 is 0 Å². The molecule has 1 unspecified atom stereocenters. The Balaban J connectivity index is 2.16. The van der Waals surface area contributed by atoms with E-state index in [1.165, 1.54) is 25.9 Å². The first-order valence-corrected chi connectivity index (χ1v) is 6.32.